The molecule has 1 unspecified atom stereocenters. The number of piperidine rings is 1. The molecular formula is C14H19Cl3N2O2. The van der Waals surface area contributed by atoms with Gasteiger partial charge < -0.3 is 15.0 Å². The molecule has 4 nitrogen and oxygen atoms in total. The lowest BCUT2D eigenvalue weighted by atomic mass is 10.1. The van der Waals surface area contributed by atoms with Crippen LogP contribution in [0.4, 0.5) is 0 Å². The summed E-state index contributed by atoms with van der Waals surface area (Å²) in [7, 11) is 1.77. The number of hydrogen-bond donors (Lipinski definition) is 1. The fraction of sp³-hybridized carbons (Fsp3) is 0.500. The first kappa shape index (κ1) is 18.4. The molecule has 21 heavy (non-hydrogen) atoms. The molecule has 1 aromatic rings. The van der Waals surface area contributed by atoms with E-state index in [1.807, 2.05) is 4.90 Å². The lowest BCUT2D eigenvalue weighted by Gasteiger charge is -2.33. The number of likely N-dealkylation sites (N-methyl/N-ethyl adjacent to an activating group) is 1. The van der Waals surface area contributed by atoms with Crippen molar-refractivity contribution in [3.63, 3.8) is 0 Å². The van der Waals surface area contributed by atoms with Crippen LogP contribution in [0.15, 0.2) is 18.2 Å². The highest BCUT2D eigenvalue weighted by Gasteiger charge is 2.24. The SMILES string of the molecule is CNCC(=O)N1CCCC(Oc2ccc(Cl)c(Cl)c2)C1.Cl. The van der Waals surface area contributed by atoms with Crippen LogP contribution >= 0.6 is 35.6 Å². The van der Waals surface area contributed by atoms with Crippen molar-refractivity contribution in [2.45, 2.75) is 18.9 Å². The zero-order valence-electron chi connectivity index (χ0n) is 11.8. The third-order valence-electron chi connectivity index (χ3n) is 3.25. The number of carbonyl (C=O) groups is 1. The minimum atomic E-state index is 0. The number of likely N-dealkylation sites (tertiary alicyclic amines) is 1. The number of halogens is 3. The van der Waals surface area contributed by atoms with Crippen LogP contribution in [0.25, 0.3) is 0 Å². The van der Waals surface area contributed by atoms with Crippen molar-refractivity contribution < 1.29 is 9.53 Å². The van der Waals surface area contributed by atoms with Crippen molar-refractivity contribution in [1.82, 2.24) is 10.2 Å². The molecule has 0 spiro atoms. The Morgan fingerprint density at radius 1 is 1.43 bits per heavy atom. The van der Waals surface area contributed by atoms with E-state index in [1.165, 1.54) is 0 Å². The van der Waals surface area contributed by atoms with Crippen molar-refractivity contribution in [2.24, 2.45) is 0 Å². The van der Waals surface area contributed by atoms with Crippen LogP contribution in [0.2, 0.25) is 10.0 Å². The fourth-order valence-electron chi connectivity index (χ4n) is 2.27. The van der Waals surface area contributed by atoms with Gasteiger partial charge in [-0.1, -0.05) is 23.2 Å². The summed E-state index contributed by atoms with van der Waals surface area (Å²) < 4.78 is 5.89. The molecule has 1 heterocycles. The number of hydrogen-bond acceptors (Lipinski definition) is 3. The van der Waals surface area contributed by atoms with E-state index < -0.39 is 0 Å². The smallest absolute Gasteiger partial charge is 0.236 e. The number of rotatable bonds is 4. The standard InChI is InChI=1S/C14H18Cl2N2O2.ClH/c1-17-8-14(19)18-6-2-3-11(9-18)20-10-4-5-12(15)13(16)7-10;/h4-5,7,11,17H,2-3,6,8-9H2,1H3;1H. The number of carbonyl (C=O) groups excluding carboxylic acids is 1. The number of amides is 1. The van der Waals surface area contributed by atoms with E-state index in [0.29, 0.717) is 28.9 Å². The van der Waals surface area contributed by atoms with Gasteiger partial charge in [-0.05, 0) is 32.0 Å². The second kappa shape index (κ2) is 8.69. The summed E-state index contributed by atoms with van der Waals surface area (Å²) in [5, 5.41) is 3.86. The largest absolute Gasteiger partial charge is 0.489 e. The van der Waals surface area contributed by atoms with Crippen LogP contribution in [0.3, 0.4) is 0 Å². The summed E-state index contributed by atoms with van der Waals surface area (Å²) in [5.74, 6) is 0.794. The van der Waals surface area contributed by atoms with E-state index >= 15 is 0 Å². The molecule has 0 radical (unpaired) electrons. The van der Waals surface area contributed by atoms with Crippen LogP contribution in [0, 0.1) is 0 Å². The van der Waals surface area contributed by atoms with Gasteiger partial charge in [0.2, 0.25) is 5.91 Å². The average molecular weight is 354 g/mol. The van der Waals surface area contributed by atoms with E-state index in [-0.39, 0.29) is 24.4 Å². The zero-order valence-corrected chi connectivity index (χ0v) is 14.1. The Bertz CT molecular complexity index is 485. The number of nitrogens with one attached hydrogen (secondary N) is 1. The number of nitrogens with zero attached hydrogens (tertiary/aromatic N) is 1. The molecule has 1 N–H and O–H groups in total. The van der Waals surface area contributed by atoms with Crippen molar-refractivity contribution in [2.75, 3.05) is 26.7 Å². The van der Waals surface area contributed by atoms with Gasteiger partial charge in [-0.3, -0.25) is 4.79 Å². The van der Waals surface area contributed by atoms with Gasteiger partial charge in [0.15, 0.2) is 0 Å². The highest BCUT2D eigenvalue weighted by molar-refractivity contribution is 6.42. The Morgan fingerprint density at radius 3 is 2.86 bits per heavy atom. The predicted octanol–water partition coefficient (Wildman–Crippen LogP) is 3.00. The van der Waals surface area contributed by atoms with Crippen molar-refractivity contribution in [3.05, 3.63) is 28.2 Å². The first-order valence-corrected chi connectivity index (χ1v) is 7.40. The van der Waals surface area contributed by atoms with Crippen LogP contribution in [-0.4, -0.2) is 43.6 Å². The molecule has 0 aliphatic carbocycles. The fourth-order valence-corrected chi connectivity index (χ4v) is 2.55. The van der Waals surface area contributed by atoms with E-state index in [2.05, 4.69) is 5.32 Å². The van der Waals surface area contributed by atoms with E-state index in [9.17, 15) is 4.79 Å². The Hall–Kier alpha value is -0.680. The first-order chi connectivity index (χ1) is 9.60. The summed E-state index contributed by atoms with van der Waals surface area (Å²) in [6, 6.07) is 5.22. The van der Waals surface area contributed by atoms with Gasteiger partial charge in [0, 0.05) is 12.6 Å². The Labute approximate surface area is 141 Å². The topological polar surface area (TPSA) is 41.6 Å². The molecule has 1 aromatic carbocycles. The molecule has 1 fully saturated rings. The normalized spacial score (nSPS) is 18.0. The van der Waals surface area contributed by atoms with Crippen LogP contribution < -0.4 is 10.1 Å². The molecule has 7 heteroatoms. The van der Waals surface area contributed by atoms with E-state index in [1.54, 1.807) is 25.2 Å². The average Bonchev–Trinajstić information content (AvgIpc) is 2.43. The van der Waals surface area contributed by atoms with Gasteiger partial charge in [0.05, 0.1) is 23.1 Å². The van der Waals surface area contributed by atoms with Gasteiger partial charge in [-0.2, -0.15) is 0 Å². The molecule has 0 bridgehead atoms. The van der Waals surface area contributed by atoms with E-state index in [0.717, 1.165) is 19.4 Å². The Morgan fingerprint density at radius 2 is 2.19 bits per heavy atom. The number of ether oxygens (including phenoxy) is 1. The molecule has 0 aromatic heterocycles. The maximum absolute atomic E-state index is 11.9. The van der Waals surface area contributed by atoms with Gasteiger partial charge >= 0.3 is 0 Å². The van der Waals surface area contributed by atoms with Gasteiger partial charge in [-0.15, -0.1) is 12.4 Å². The van der Waals surface area contributed by atoms with Gasteiger partial charge in [-0.25, -0.2) is 0 Å². The summed E-state index contributed by atoms with van der Waals surface area (Å²) in [6.07, 6.45) is 1.88. The summed E-state index contributed by atoms with van der Waals surface area (Å²) in [4.78, 5) is 13.7. The second-order valence-electron chi connectivity index (χ2n) is 4.83. The summed E-state index contributed by atoms with van der Waals surface area (Å²) in [5.41, 5.74) is 0. The number of benzene rings is 1. The van der Waals surface area contributed by atoms with Crippen molar-refractivity contribution >= 4 is 41.5 Å². The Kier molecular flexibility index (Phi) is 7.60. The third-order valence-corrected chi connectivity index (χ3v) is 3.99. The van der Waals surface area contributed by atoms with E-state index in [4.69, 9.17) is 27.9 Å². The lowest BCUT2D eigenvalue weighted by Crippen LogP contribution is -2.46. The van der Waals surface area contributed by atoms with Crippen molar-refractivity contribution in [3.8, 4) is 5.75 Å². The minimum Gasteiger partial charge on any atom is -0.489 e. The quantitative estimate of drug-likeness (QED) is 0.905. The summed E-state index contributed by atoms with van der Waals surface area (Å²) >= 11 is 11.8. The highest BCUT2D eigenvalue weighted by Crippen LogP contribution is 2.27. The maximum atomic E-state index is 11.9. The molecular weight excluding hydrogens is 335 g/mol. The van der Waals surface area contributed by atoms with Crippen LogP contribution in [0.1, 0.15) is 12.8 Å². The molecule has 1 atom stereocenters. The highest BCUT2D eigenvalue weighted by atomic mass is 35.5. The van der Waals surface area contributed by atoms with Crippen LogP contribution in [-0.2, 0) is 4.79 Å². The lowest BCUT2D eigenvalue weighted by molar-refractivity contribution is -0.132. The van der Waals surface area contributed by atoms with Gasteiger partial charge in [0.25, 0.3) is 0 Å². The first-order valence-electron chi connectivity index (χ1n) is 6.64. The molecule has 2 rings (SSSR count). The third kappa shape index (κ3) is 5.22. The van der Waals surface area contributed by atoms with Crippen LogP contribution in [0.5, 0.6) is 5.75 Å². The molecule has 118 valence electrons. The second-order valence-corrected chi connectivity index (χ2v) is 5.64. The minimum absolute atomic E-state index is 0. The molecule has 1 aliphatic heterocycles. The summed E-state index contributed by atoms with van der Waals surface area (Å²) in [6.45, 7) is 1.77. The van der Waals surface area contributed by atoms with Crippen molar-refractivity contribution in [1.29, 1.82) is 0 Å². The maximum Gasteiger partial charge on any atom is 0.236 e. The predicted molar refractivity (Wildman–Crippen MR) is 87.9 cm³/mol. The Balaban J connectivity index is 0.00000220. The molecule has 1 aliphatic rings. The monoisotopic (exact) mass is 352 g/mol. The molecule has 0 saturated carbocycles. The molecule has 1 amide bonds. The zero-order chi connectivity index (χ0) is 14.5. The molecule has 1 saturated heterocycles. The van der Waals surface area contributed by atoms with Gasteiger partial charge in [0.1, 0.15) is 11.9 Å².